The molecular formula is C11H8F11O5Rb. The molecule has 0 spiro atoms. The number of carbonyl (C=O) groups excluding carboxylic acids is 1. The van der Waals surface area contributed by atoms with Gasteiger partial charge < -0.3 is 14.2 Å². The summed E-state index contributed by atoms with van der Waals surface area (Å²) in [5.74, 6) is -19.0. The predicted molar refractivity (Wildman–Crippen MR) is 57.6 cm³/mol. The van der Waals surface area contributed by atoms with E-state index >= 15 is 0 Å². The molecule has 160 valence electrons. The van der Waals surface area contributed by atoms with Crippen LogP contribution in [0.5, 0.6) is 0 Å². The van der Waals surface area contributed by atoms with Gasteiger partial charge in [0.25, 0.3) is 0 Å². The second kappa shape index (κ2) is 8.86. The Morgan fingerprint density at radius 1 is 1.00 bits per heavy atom. The van der Waals surface area contributed by atoms with Gasteiger partial charge in [-0.15, -0.1) is 0 Å². The second-order valence-electron chi connectivity index (χ2n) is 5.09. The maximum absolute atomic E-state index is 13.8. The molecule has 1 heterocycles. The molecule has 0 radical (unpaired) electrons. The fourth-order valence-corrected chi connectivity index (χ4v) is 1.44. The molecule has 0 amide bonds. The maximum atomic E-state index is 13.8. The molecule has 1 aliphatic heterocycles. The molecule has 1 aliphatic rings. The van der Waals surface area contributed by atoms with E-state index in [0.29, 0.717) is 0 Å². The molecule has 0 saturated carbocycles. The third-order valence-corrected chi connectivity index (χ3v) is 2.87. The average Bonchev–Trinajstić information content (AvgIpc) is 2.89. The van der Waals surface area contributed by atoms with Gasteiger partial charge in [-0.05, 0) is 6.92 Å². The van der Waals surface area contributed by atoms with E-state index in [9.17, 15) is 53.1 Å². The van der Waals surface area contributed by atoms with Crippen LogP contribution in [0.2, 0.25) is 0 Å². The molecular weight excluding hydrogens is 507 g/mol. The van der Waals surface area contributed by atoms with Crippen molar-refractivity contribution in [2.75, 3.05) is 13.2 Å². The van der Waals surface area contributed by atoms with Gasteiger partial charge in [-0.25, -0.2) is 4.79 Å². The molecule has 2 atom stereocenters. The van der Waals surface area contributed by atoms with Crippen molar-refractivity contribution in [3.63, 3.8) is 0 Å². The Morgan fingerprint density at radius 2 is 1.50 bits per heavy atom. The molecule has 5 nitrogen and oxygen atoms in total. The summed E-state index contributed by atoms with van der Waals surface area (Å²) >= 11 is 0. The van der Waals surface area contributed by atoms with Crippen molar-refractivity contribution in [3.8, 4) is 0 Å². The summed E-state index contributed by atoms with van der Waals surface area (Å²) in [7, 11) is 0. The summed E-state index contributed by atoms with van der Waals surface area (Å²) in [6.45, 7) is 0.189. The van der Waals surface area contributed by atoms with Gasteiger partial charge in [-0.3, -0.25) is 4.74 Å². The van der Waals surface area contributed by atoms with E-state index in [4.69, 9.17) is 0 Å². The van der Waals surface area contributed by atoms with Crippen LogP contribution in [0.3, 0.4) is 0 Å². The first-order valence-corrected chi connectivity index (χ1v) is 6.38. The Hall–Kier alpha value is 0.385. The van der Waals surface area contributed by atoms with Crippen molar-refractivity contribution in [2.24, 2.45) is 0 Å². The molecule has 0 aliphatic carbocycles. The van der Waals surface area contributed by atoms with Gasteiger partial charge in [0.2, 0.25) is 0 Å². The summed E-state index contributed by atoms with van der Waals surface area (Å²) in [5, 5.41) is 0. The standard InChI is InChI=1S/C11H8F11O5.Rb/c1-6(25-2-3-26-6)4-24-5(23)7(12,9(15,16)17)27-11(21,22)8(13,14)10(18,19)20;/h2H,3-4H2,1H3;/q-1;+1. The van der Waals surface area contributed by atoms with Crippen molar-refractivity contribution in [1.29, 1.82) is 0 Å². The predicted octanol–water partition coefficient (Wildman–Crippen LogP) is 0.493. The van der Waals surface area contributed by atoms with E-state index in [1.54, 1.807) is 0 Å². The van der Waals surface area contributed by atoms with Crippen molar-refractivity contribution in [2.45, 2.75) is 42.9 Å². The fraction of sp³-hybridized carbons (Fsp3) is 0.818. The van der Waals surface area contributed by atoms with E-state index in [2.05, 4.69) is 14.2 Å². The minimum absolute atomic E-state index is 0. The van der Waals surface area contributed by atoms with Gasteiger partial charge in [0.15, 0.2) is 5.79 Å². The summed E-state index contributed by atoms with van der Waals surface area (Å²) < 4.78 is 154. The van der Waals surface area contributed by atoms with Crippen molar-refractivity contribution in [1.82, 2.24) is 0 Å². The number of hydrogen-bond donors (Lipinski definition) is 0. The van der Waals surface area contributed by atoms with Crippen LogP contribution in [-0.4, -0.2) is 55.2 Å². The number of halogens is 11. The smallest absolute Gasteiger partial charge is 0.523 e. The molecule has 1 rings (SSSR count). The van der Waals surface area contributed by atoms with E-state index in [0.717, 1.165) is 13.5 Å². The monoisotopic (exact) mass is 514 g/mol. The third kappa shape index (κ3) is 5.75. The maximum Gasteiger partial charge on any atom is 1.00 e. The quantitative estimate of drug-likeness (QED) is 0.294. The van der Waals surface area contributed by atoms with Crippen LogP contribution < -0.4 is 58.2 Å². The normalized spacial score (nSPS) is 23.7. The topological polar surface area (TPSA) is 54.0 Å². The number of carbonyl (C=O) groups is 1. The summed E-state index contributed by atoms with van der Waals surface area (Å²) in [4.78, 5) is 11.2. The van der Waals surface area contributed by atoms with Gasteiger partial charge in [-0.1, -0.05) is 6.61 Å². The molecule has 0 aromatic heterocycles. The van der Waals surface area contributed by atoms with Gasteiger partial charge in [0.05, 0.1) is 0 Å². The van der Waals surface area contributed by atoms with Crippen LogP contribution in [0, 0.1) is 6.61 Å². The largest absolute Gasteiger partial charge is 1.00 e. The van der Waals surface area contributed by atoms with Crippen molar-refractivity contribution in [3.05, 3.63) is 6.61 Å². The first-order valence-electron chi connectivity index (χ1n) is 6.38. The molecule has 0 bridgehead atoms. The zero-order valence-electron chi connectivity index (χ0n) is 13.7. The van der Waals surface area contributed by atoms with E-state index in [-0.39, 0.29) is 64.8 Å². The van der Waals surface area contributed by atoms with E-state index in [1.807, 2.05) is 4.74 Å². The Balaban J connectivity index is 0.00000729. The van der Waals surface area contributed by atoms with E-state index in [1.165, 1.54) is 0 Å². The van der Waals surface area contributed by atoms with Crippen LogP contribution >= 0.6 is 0 Å². The Labute approximate surface area is 197 Å². The molecule has 0 aromatic carbocycles. The molecule has 1 saturated heterocycles. The van der Waals surface area contributed by atoms with Crippen LogP contribution in [0.15, 0.2) is 0 Å². The first kappa shape index (κ1) is 28.4. The Bertz CT molecular complexity index is 558. The number of ether oxygens (including phenoxy) is 4. The van der Waals surface area contributed by atoms with Gasteiger partial charge in [0, 0.05) is 0 Å². The van der Waals surface area contributed by atoms with E-state index < -0.39 is 48.6 Å². The molecule has 0 aromatic rings. The molecule has 2 unspecified atom stereocenters. The second-order valence-corrected chi connectivity index (χ2v) is 5.09. The minimum atomic E-state index is -7.28. The van der Waals surface area contributed by atoms with Gasteiger partial charge in [0.1, 0.15) is 6.61 Å². The third-order valence-electron chi connectivity index (χ3n) is 2.87. The molecule has 28 heavy (non-hydrogen) atoms. The zero-order chi connectivity index (χ0) is 21.5. The molecule has 17 heteroatoms. The Kier molecular flexibility index (Phi) is 8.98. The fourth-order valence-electron chi connectivity index (χ4n) is 1.44. The van der Waals surface area contributed by atoms with Crippen LogP contribution in [-0.2, 0) is 23.7 Å². The van der Waals surface area contributed by atoms with Gasteiger partial charge >= 0.3 is 94.4 Å². The summed E-state index contributed by atoms with van der Waals surface area (Å²) in [5.41, 5.74) is 0. The van der Waals surface area contributed by atoms with Crippen molar-refractivity contribution < 1.29 is 130 Å². The molecule has 1 fully saturated rings. The summed E-state index contributed by atoms with van der Waals surface area (Å²) in [6.07, 6.45) is -21.1. The zero-order valence-corrected chi connectivity index (χ0v) is 18.6. The first-order chi connectivity index (χ1) is 11.8. The average molecular weight is 515 g/mol. The van der Waals surface area contributed by atoms with Crippen LogP contribution in [0.25, 0.3) is 0 Å². The van der Waals surface area contributed by atoms with Crippen LogP contribution in [0.4, 0.5) is 48.3 Å². The number of rotatable bonds is 6. The number of esters is 1. The number of hydrogen-bond acceptors (Lipinski definition) is 5. The minimum Gasteiger partial charge on any atom is -0.523 e. The van der Waals surface area contributed by atoms with Crippen LogP contribution in [0.1, 0.15) is 6.92 Å². The Morgan fingerprint density at radius 3 is 1.86 bits per heavy atom. The number of alkyl halides is 11. The van der Waals surface area contributed by atoms with Gasteiger partial charge in [-0.2, -0.15) is 54.9 Å². The SMILES string of the molecule is CC1(COC(=O)C(F)(OC(F)(F)C(F)(F)C(F)(F)F)C(F)(F)F)O[CH-]CO1.[Rb+]. The summed E-state index contributed by atoms with van der Waals surface area (Å²) in [6, 6.07) is 0. The van der Waals surface area contributed by atoms with Crippen molar-refractivity contribution >= 4 is 5.97 Å². The molecule has 0 N–H and O–H groups in total.